The number of nitro groups is 1. The van der Waals surface area contributed by atoms with E-state index in [-0.39, 0.29) is 24.5 Å². The molecule has 9 heteroatoms. The Morgan fingerprint density at radius 3 is 2.52 bits per heavy atom. The molecule has 0 aliphatic rings. The number of aliphatic hydroxyl groups excluding tert-OH is 1. The Kier molecular flexibility index (Phi) is 4.66. The second kappa shape index (κ2) is 6.89. The molecule has 0 aliphatic heterocycles. The maximum atomic E-state index is 12.7. The van der Waals surface area contributed by atoms with Crippen molar-refractivity contribution in [3.05, 3.63) is 57.3 Å². The minimum atomic E-state index is -0.905. The zero-order valence-corrected chi connectivity index (χ0v) is 13.8. The van der Waals surface area contributed by atoms with Gasteiger partial charge in [-0.1, -0.05) is 19.1 Å². The van der Waals surface area contributed by atoms with Crippen molar-refractivity contribution in [1.29, 1.82) is 0 Å². The Bertz CT molecular complexity index is 955. The SMILES string of the molecule is CCCn1c(=O)n(CC(O)Cn2cc([N+](=O)[O-])cn2)c2ccccc21. The van der Waals surface area contributed by atoms with Crippen LogP contribution in [0.5, 0.6) is 0 Å². The summed E-state index contributed by atoms with van der Waals surface area (Å²) in [7, 11) is 0. The van der Waals surface area contributed by atoms with Crippen LogP contribution in [0.2, 0.25) is 0 Å². The van der Waals surface area contributed by atoms with Crippen LogP contribution >= 0.6 is 0 Å². The average molecular weight is 345 g/mol. The van der Waals surface area contributed by atoms with E-state index >= 15 is 0 Å². The molecule has 1 aromatic carbocycles. The normalized spacial score (nSPS) is 12.6. The zero-order chi connectivity index (χ0) is 18.0. The van der Waals surface area contributed by atoms with Crippen LogP contribution in [0.3, 0.4) is 0 Å². The van der Waals surface area contributed by atoms with Gasteiger partial charge in [-0.3, -0.25) is 23.9 Å². The van der Waals surface area contributed by atoms with Gasteiger partial charge in [-0.15, -0.1) is 0 Å². The molecule has 2 aromatic heterocycles. The van der Waals surface area contributed by atoms with Crippen LogP contribution < -0.4 is 5.69 Å². The summed E-state index contributed by atoms with van der Waals surface area (Å²) in [5.74, 6) is 0. The number of aryl methyl sites for hydroxylation is 1. The lowest BCUT2D eigenvalue weighted by atomic mass is 10.3. The fourth-order valence-corrected chi connectivity index (χ4v) is 2.92. The summed E-state index contributed by atoms with van der Waals surface area (Å²) in [6.45, 7) is 2.75. The van der Waals surface area contributed by atoms with Crippen molar-refractivity contribution in [2.45, 2.75) is 39.1 Å². The number of benzene rings is 1. The number of aromatic nitrogens is 4. The van der Waals surface area contributed by atoms with E-state index in [1.165, 1.54) is 15.4 Å². The van der Waals surface area contributed by atoms with Crippen molar-refractivity contribution in [3.8, 4) is 0 Å². The molecule has 3 rings (SSSR count). The highest BCUT2D eigenvalue weighted by atomic mass is 16.6. The summed E-state index contributed by atoms with van der Waals surface area (Å²) < 4.78 is 4.54. The number of rotatable bonds is 7. The first-order valence-corrected chi connectivity index (χ1v) is 8.04. The molecule has 1 unspecified atom stereocenters. The van der Waals surface area contributed by atoms with Gasteiger partial charge in [-0.05, 0) is 18.6 Å². The number of hydrogen-bond donors (Lipinski definition) is 1. The van der Waals surface area contributed by atoms with Crippen LogP contribution in [0.4, 0.5) is 5.69 Å². The van der Waals surface area contributed by atoms with Crippen LogP contribution in [0.15, 0.2) is 41.5 Å². The smallest absolute Gasteiger partial charge is 0.329 e. The van der Waals surface area contributed by atoms with Gasteiger partial charge in [0.05, 0.1) is 35.2 Å². The number of hydrogen-bond acceptors (Lipinski definition) is 5. The molecular weight excluding hydrogens is 326 g/mol. The lowest BCUT2D eigenvalue weighted by Gasteiger charge is -2.11. The third kappa shape index (κ3) is 3.31. The topological polar surface area (TPSA) is 108 Å². The van der Waals surface area contributed by atoms with Gasteiger partial charge in [0.1, 0.15) is 12.4 Å². The second-order valence-corrected chi connectivity index (χ2v) is 5.87. The van der Waals surface area contributed by atoms with Crippen molar-refractivity contribution in [2.24, 2.45) is 0 Å². The van der Waals surface area contributed by atoms with Crippen molar-refractivity contribution >= 4 is 16.7 Å². The van der Waals surface area contributed by atoms with E-state index in [1.54, 1.807) is 4.57 Å². The van der Waals surface area contributed by atoms with E-state index in [4.69, 9.17) is 0 Å². The average Bonchev–Trinajstić information content (AvgIpc) is 3.14. The summed E-state index contributed by atoms with van der Waals surface area (Å²) in [6, 6.07) is 7.44. The molecule has 0 amide bonds. The number of imidazole rings is 1. The molecule has 9 nitrogen and oxygen atoms in total. The number of fused-ring (bicyclic) bond motifs is 1. The lowest BCUT2D eigenvalue weighted by molar-refractivity contribution is -0.385. The number of para-hydroxylation sites is 2. The highest BCUT2D eigenvalue weighted by Crippen LogP contribution is 2.14. The molecule has 1 N–H and O–H groups in total. The summed E-state index contributed by atoms with van der Waals surface area (Å²) in [5.41, 5.74) is 1.28. The molecule has 0 spiro atoms. The fraction of sp³-hybridized carbons (Fsp3) is 0.375. The molecule has 0 aliphatic carbocycles. The van der Waals surface area contributed by atoms with Gasteiger partial charge in [0.25, 0.3) is 0 Å². The quantitative estimate of drug-likeness (QED) is 0.514. The van der Waals surface area contributed by atoms with Crippen molar-refractivity contribution < 1.29 is 10.0 Å². The Morgan fingerprint density at radius 2 is 1.92 bits per heavy atom. The number of nitrogens with zero attached hydrogens (tertiary/aromatic N) is 5. The molecule has 0 fully saturated rings. The van der Waals surface area contributed by atoms with Crippen LogP contribution in [-0.4, -0.2) is 35.0 Å². The first-order chi connectivity index (χ1) is 12.0. The molecule has 0 bridgehead atoms. The first kappa shape index (κ1) is 16.9. The molecule has 3 aromatic rings. The third-order valence-electron chi connectivity index (χ3n) is 3.99. The van der Waals surface area contributed by atoms with Gasteiger partial charge in [-0.2, -0.15) is 5.10 Å². The van der Waals surface area contributed by atoms with Gasteiger partial charge in [0.15, 0.2) is 0 Å². The van der Waals surface area contributed by atoms with Gasteiger partial charge >= 0.3 is 11.4 Å². The molecule has 25 heavy (non-hydrogen) atoms. The van der Waals surface area contributed by atoms with E-state index in [0.717, 1.165) is 23.7 Å². The molecule has 0 saturated heterocycles. The van der Waals surface area contributed by atoms with Crippen LogP contribution in [0, 0.1) is 10.1 Å². The monoisotopic (exact) mass is 345 g/mol. The maximum Gasteiger partial charge on any atom is 0.329 e. The van der Waals surface area contributed by atoms with Crippen molar-refractivity contribution in [2.75, 3.05) is 0 Å². The van der Waals surface area contributed by atoms with Crippen molar-refractivity contribution in [3.63, 3.8) is 0 Å². The van der Waals surface area contributed by atoms with Gasteiger partial charge in [-0.25, -0.2) is 4.79 Å². The van der Waals surface area contributed by atoms with Gasteiger partial charge in [0.2, 0.25) is 0 Å². The van der Waals surface area contributed by atoms with Crippen LogP contribution in [-0.2, 0) is 19.6 Å². The van der Waals surface area contributed by atoms with Gasteiger partial charge < -0.3 is 5.11 Å². The lowest BCUT2D eigenvalue weighted by Crippen LogP contribution is -2.30. The summed E-state index contributed by atoms with van der Waals surface area (Å²) >= 11 is 0. The molecule has 0 radical (unpaired) electrons. The fourth-order valence-electron chi connectivity index (χ4n) is 2.92. The molecule has 2 heterocycles. The highest BCUT2D eigenvalue weighted by Gasteiger charge is 2.17. The molecule has 132 valence electrons. The van der Waals surface area contributed by atoms with Gasteiger partial charge in [0, 0.05) is 6.54 Å². The Hall–Kier alpha value is -2.94. The predicted molar refractivity (Wildman–Crippen MR) is 91.4 cm³/mol. The van der Waals surface area contributed by atoms with E-state index in [9.17, 15) is 20.0 Å². The zero-order valence-electron chi connectivity index (χ0n) is 13.8. The van der Waals surface area contributed by atoms with E-state index < -0.39 is 11.0 Å². The molecule has 1 atom stereocenters. The Morgan fingerprint density at radius 1 is 1.24 bits per heavy atom. The predicted octanol–water partition coefficient (Wildman–Crippen LogP) is 1.38. The summed E-state index contributed by atoms with van der Waals surface area (Å²) in [4.78, 5) is 22.8. The van der Waals surface area contributed by atoms with Crippen LogP contribution in [0.1, 0.15) is 13.3 Å². The number of aliphatic hydroxyl groups is 1. The standard InChI is InChI=1S/C16H19N5O4/c1-2-7-19-14-5-3-4-6-15(14)20(16(19)23)11-13(22)10-18-9-12(8-17-18)21(24)25/h3-6,8-9,13,22H,2,7,10-11H2,1H3. The van der Waals surface area contributed by atoms with E-state index in [1.807, 2.05) is 31.2 Å². The minimum absolute atomic E-state index is 0.0631. The molecular formula is C16H19N5O4. The highest BCUT2D eigenvalue weighted by molar-refractivity contribution is 5.75. The van der Waals surface area contributed by atoms with E-state index in [2.05, 4.69) is 5.10 Å². The van der Waals surface area contributed by atoms with Crippen molar-refractivity contribution in [1.82, 2.24) is 18.9 Å². The third-order valence-corrected chi connectivity index (χ3v) is 3.99. The van der Waals surface area contributed by atoms with E-state index in [0.29, 0.717) is 6.54 Å². The Balaban J connectivity index is 1.85. The first-order valence-electron chi connectivity index (χ1n) is 8.04. The Labute approximate surface area is 142 Å². The largest absolute Gasteiger partial charge is 0.389 e. The van der Waals surface area contributed by atoms with Crippen LogP contribution in [0.25, 0.3) is 11.0 Å². The second-order valence-electron chi connectivity index (χ2n) is 5.87. The maximum absolute atomic E-state index is 12.7. The minimum Gasteiger partial charge on any atom is -0.389 e. The summed E-state index contributed by atoms with van der Waals surface area (Å²) in [6.07, 6.45) is 2.31. The molecule has 0 saturated carbocycles. The summed E-state index contributed by atoms with van der Waals surface area (Å²) in [5, 5.41) is 24.9.